The fourth-order valence-corrected chi connectivity index (χ4v) is 2.94. The summed E-state index contributed by atoms with van der Waals surface area (Å²) in [5.41, 5.74) is 0.488. The molecule has 1 aromatic carbocycles. The second-order valence-electron chi connectivity index (χ2n) is 5.52. The number of aromatic nitrogens is 1. The first-order valence-corrected chi connectivity index (χ1v) is 8.34. The first-order chi connectivity index (χ1) is 11.1. The van der Waals surface area contributed by atoms with Gasteiger partial charge in [-0.05, 0) is 37.3 Å². The second kappa shape index (κ2) is 9.97. The third-order valence-corrected chi connectivity index (χ3v) is 4.16. The molecule has 1 atom stereocenters. The molecule has 1 unspecified atom stereocenters. The number of carbonyl (C=O) groups excluding carboxylic acids is 1. The van der Waals surface area contributed by atoms with E-state index in [9.17, 15) is 4.79 Å². The van der Waals surface area contributed by atoms with Gasteiger partial charge in [-0.2, -0.15) is 0 Å². The Labute approximate surface area is 168 Å². The van der Waals surface area contributed by atoms with Gasteiger partial charge in [0.2, 0.25) is 5.88 Å². The molecule has 3 rings (SSSR count). The number of halogens is 3. The van der Waals surface area contributed by atoms with E-state index in [0.29, 0.717) is 36.3 Å². The van der Waals surface area contributed by atoms with Gasteiger partial charge in [0.1, 0.15) is 11.3 Å². The summed E-state index contributed by atoms with van der Waals surface area (Å²) in [6, 6.07) is 11.3. The number of nitrogens with one attached hydrogen (secondary N) is 1. The Hall–Kier alpha value is -1.34. The standard InChI is InChI=1S/C17H18BrN3O2.2ClH/c1-12-11-21(9-8-19-12)17(22)15-6-3-7-20-16(15)23-14-5-2-4-13(18)10-14;;/h2-7,10,12,19H,8-9,11H2,1H3;2*1H. The van der Waals surface area contributed by atoms with E-state index >= 15 is 0 Å². The molecule has 1 aliphatic rings. The maximum Gasteiger partial charge on any atom is 0.259 e. The van der Waals surface area contributed by atoms with Crippen molar-refractivity contribution in [2.45, 2.75) is 13.0 Å². The van der Waals surface area contributed by atoms with Gasteiger partial charge in [0.25, 0.3) is 5.91 Å². The molecule has 0 saturated carbocycles. The molecule has 1 N–H and O–H groups in total. The van der Waals surface area contributed by atoms with Gasteiger partial charge in [0, 0.05) is 36.3 Å². The lowest BCUT2D eigenvalue weighted by Crippen LogP contribution is -2.51. The average molecular weight is 449 g/mol. The molecule has 1 fully saturated rings. The predicted octanol–water partition coefficient (Wildman–Crippen LogP) is 3.91. The van der Waals surface area contributed by atoms with Crippen LogP contribution in [0.2, 0.25) is 0 Å². The number of piperazine rings is 1. The summed E-state index contributed by atoms with van der Waals surface area (Å²) < 4.78 is 6.74. The Morgan fingerprint density at radius 2 is 2.12 bits per heavy atom. The molecule has 0 spiro atoms. The molecule has 1 aliphatic heterocycles. The summed E-state index contributed by atoms with van der Waals surface area (Å²) >= 11 is 3.41. The topological polar surface area (TPSA) is 54.5 Å². The minimum absolute atomic E-state index is 0. The molecule has 5 nitrogen and oxygen atoms in total. The van der Waals surface area contributed by atoms with Crippen LogP contribution in [0.4, 0.5) is 0 Å². The highest BCUT2D eigenvalue weighted by molar-refractivity contribution is 9.10. The minimum atomic E-state index is -0.0450. The zero-order valence-corrected chi connectivity index (χ0v) is 16.9. The maximum absolute atomic E-state index is 12.8. The van der Waals surface area contributed by atoms with Crippen LogP contribution in [0.25, 0.3) is 0 Å². The molecule has 8 heteroatoms. The van der Waals surface area contributed by atoms with E-state index in [-0.39, 0.29) is 30.7 Å². The summed E-state index contributed by atoms with van der Waals surface area (Å²) in [5.74, 6) is 0.930. The molecule has 0 bridgehead atoms. The van der Waals surface area contributed by atoms with Crippen LogP contribution in [0, 0.1) is 0 Å². The fourth-order valence-electron chi connectivity index (χ4n) is 2.56. The summed E-state index contributed by atoms with van der Waals surface area (Å²) in [6.45, 7) is 4.25. The molecular formula is C17H20BrCl2N3O2. The Morgan fingerprint density at radius 1 is 1.32 bits per heavy atom. The van der Waals surface area contributed by atoms with Crippen molar-refractivity contribution in [3.8, 4) is 11.6 Å². The van der Waals surface area contributed by atoms with Gasteiger partial charge in [-0.1, -0.05) is 22.0 Å². The molecular weight excluding hydrogens is 429 g/mol. The molecule has 1 aromatic heterocycles. The number of hydrogen-bond donors (Lipinski definition) is 1. The quantitative estimate of drug-likeness (QED) is 0.773. The van der Waals surface area contributed by atoms with E-state index in [1.54, 1.807) is 18.3 Å². The zero-order valence-electron chi connectivity index (χ0n) is 13.6. The van der Waals surface area contributed by atoms with Crippen LogP contribution < -0.4 is 10.1 Å². The molecule has 0 radical (unpaired) electrons. The Balaban J connectivity index is 0.00000156. The van der Waals surface area contributed by atoms with Crippen molar-refractivity contribution in [2.24, 2.45) is 0 Å². The lowest BCUT2D eigenvalue weighted by atomic mass is 10.2. The number of carbonyl (C=O) groups is 1. The van der Waals surface area contributed by atoms with E-state index in [2.05, 4.69) is 33.2 Å². The third-order valence-electron chi connectivity index (χ3n) is 3.67. The van der Waals surface area contributed by atoms with E-state index in [1.165, 1.54) is 0 Å². The minimum Gasteiger partial charge on any atom is -0.438 e. The van der Waals surface area contributed by atoms with Gasteiger partial charge in [0.05, 0.1) is 0 Å². The maximum atomic E-state index is 12.8. The lowest BCUT2D eigenvalue weighted by molar-refractivity contribution is 0.0705. The fraction of sp³-hybridized carbons (Fsp3) is 0.294. The van der Waals surface area contributed by atoms with Crippen LogP contribution in [0.15, 0.2) is 47.1 Å². The highest BCUT2D eigenvalue weighted by atomic mass is 79.9. The summed E-state index contributed by atoms with van der Waals surface area (Å²) in [6.07, 6.45) is 1.63. The van der Waals surface area contributed by atoms with Crippen molar-refractivity contribution < 1.29 is 9.53 Å². The highest BCUT2D eigenvalue weighted by Crippen LogP contribution is 2.26. The van der Waals surface area contributed by atoms with Crippen LogP contribution in [-0.4, -0.2) is 41.5 Å². The van der Waals surface area contributed by atoms with Gasteiger partial charge in [-0.25, -0.2) is 4.98 Å². The molecule has 1 saturated heterocycles. The third kappa shape index (κ3) is 5.57. The molecule has 0 aliphatic carbocycles. The van der Waals surface area contributed by atoms with Crippen molar-refractivity contribution in [1.82, 2.24) is 15.2 Å². The van der Waals surface area contributed by atoms with E-state index < -0.39 is 0 Å². The SMILES string of the molecule is CC1CN(C(=O)c2cccnc2Oc2cccc(Br)c2)CCN1.Cl.Cl. The summed E-state index contributed by atoms with van der Waals surface area (Å²) in [7, 11) is 0. The van der Waals surface area contributed by atoms with Crippen molar-refractivity contribution >= 4 is 46.7 Å². The molecule has 2 heterocycles. The van der Waals surface area contributed by atoms with Crippen LogP contribution in [0.1, 0.15) is 17.3 Å². The molecule has 2 aromatic rings. The highest BCUT2D eigenvalue weighted by Gasteiger charge is 2.24. The summed E-state index contributed by atoms with van der Waals surface area (Å²) in [5, 5.41) is 3.33. The van der Waals surface area contributed by atoms with Crippen LogP contribution in [0.5, 0.6) is 11.6 Å². The number of amides is 1. The van der Waals surface area contributed by atoms with Crippen LogP contribution in [0.3, 0.4) is 0 Å². The molecule has 1 amide bonds. The van der Waals surface area contributed by atoms with Crippen LogP contribution >= 0.6 is 40.7 Å². The monoisotopic (exact) mass is 447 g/mol. The largest absolute Gasteiger partial charge is 0.438 e. The second-order valence-corrected chi connectivity index (χ2v) is 6.44. The Bertz CT molecular complexity index is 718. The van der Waals surface area contributed by atoms with E-state index in [0.717, 1.165) is 11.0 Å². The molecule has 136 valence electrons. The average Bonchev–Trinajstić information content (AvgIpc) is 2.55. The molecule has 25 heavy (non-hydrogen) atoms. The van der Waals surface area contributed by atoms with Crippen molar-refractivity contribution in [3.63, 3.8) is 0 Å². The van der Waals surface area contributed by atoms with Crippen LogP contribution in [-0.2, 0) is 0 Å². The van der Waals surface area contributed by atoms with Gasteiger partial charge < -0.3 is 15.0 Å². The number of rotatable bonds is 3. The number of nitrogens with zero attached hydrogens (tertiary/aromatic N) is 2. The number of hydrogen-bond acceptors (Lipinski definition) is 4. The van der Waals surface area contributed by atoms with Crippen molar-refractivity contribution in [1.29, 1.82) is 0 Å². The Morgan fingerprint density at radius 3 is 2.84 bits per heavy atom. The van der Waals surface area contributed by atoms with Gasteiger partial charge in [0.15, 0.2) is 0 Å². The predicted molar refractivity (Wildman–Crippen MR) is 106 cm³/mol. The normalized spacial score (nSPS) is 16.4. The lowest BCUT2D eigenvalue weighted by Gasteiger charge is -2.32. The van der Waals surface area contributed by atoms with Gasteiger partial charge >= 0.3 is 0 Å². The van der Waals surface area contributed by atoms with Crippen molar-refractivity contribution in [3.05, 3.63) is 52.6 Å². The number of benzene rings is 1. The number of pyridine rings is 1. The van der Waals surface area contributed by atoms with Crippen molar-refractivity contribution in [2.75, 3.05) is 19.6 Å². The smallest absolute Gasteiger partial charge is 0.259 e. The van der Waals surface area contributed by atoms with E-state index in [1.807, 2.05) is 29.2 Å². The van der Waals surface area contributed by atoms with Gasteiger partial charge in [-0.3, -0.25) is 4.79 Å². The zero-order chi connectivity index (χ0) is 16.2. The Kier molecular flexibility index (Phi) is 8.65. The first kappa shape index (κ1) is 21.7. The van der Waals surface area contributed by atoms with Gasteiger partial charge in [-0.15, -0.1) is 24.8 Å². The number of ether oxygens (including phenoxy) is 1. The first-order valence-electron chi connectivity index (χ1n) is 7.54. The summed E-state index contributed by atoms with van der Waals surface area (Å²) in [4.78, 5) is 18.9. The van der Waals surface area contributed by atoms with E-state index in [4.69, 9.17) is 4.74 Å².